The first-order chi connectivity index (χ1) is 14.3. The van der Waals surface area contributed by atoms with E-state index in [9.17, 15) is 19.7 Å². The third-order valence-corrected chi connectivity index (χ3v) is 5.57. The Morgan fingerprint density at radius 3 is 2.37 bits per heavy atom. The molecule has 1 fully saturated rings. The standard InChI is InChI=1S/C21H22ClN3O5/c1-14(26)15-7-8-18(19(13-15)25(28)29)23-9-11-24(12-10-23)20(21(27)30-2)16-5-3-4-6-17(16)22/h3-8,13,20H,9-12H2,1-2H3. The lowest BCUT2D eigenvalue weighted by molar-refractivity contribution is -0.384. The van der Waals surface area contributed by atoms with E-state index in [1.54, 1.807) is 30.3 Å². The molecule has 1 aliphatic rings. The lowest BCUT2D eigenvalue weighted by Crippen LogP contribution is -2.49. The van der Waals surface area contributed by atoms with Gasteiger partial charge in [-0.3, -0.25) is 19.8 Å². The van der Waals surface area contributed by atoms with Gasteiger partial charge in [0, 0.05) is 42.8 Å². The Labute approximate surface area is 179 Å². The van der Waals surface area contributed by atoms with E-state index in [1.807, 2.05) is 15.9 Å². The summed E-state index contributed by atoms with van der Waals surface area (Å²) in [5.74, 6) is -0.636. The van der Waals surface area contributed by atoms with E-state index in [2.05, 4.69) is 0 Å². The first-order valence-electron chi connectivity index (χ1n) is 9.44. The number of nitro groups is 1. The highest BCUT2D eigenvalue weighted by Crippen LogP contribution is 2.33. The van der Waals surface area contributed by atoms with Crippen molar-refractivity contribution in [3.8, 4) is 0 Å². The Morgan fingerprint density at radius 2 is 1.80 bits per heavy atom. The number of methoxy groups -OCH3 is 1. The summed E-state index contributed by atoms with van der Waals surface area (Å²) in [6, 6.07) is 11.0. The number of halogens is 1. The molecule has 1 heterocycles. The molecular formula is C21H22ClN3O5. The third kappa shape index (κ3) is 4.44. The molecule has 0 N–H and O–H groups in total. The highest BCUT2D eigenvalue weighted by molar-refractivity contribution is 6.31. The summed E-state index contributed by atoms with van der Waals surface area (Å²) in [7, 11) is 1.34. The summed E-state index contributed by atoms with van der Waals surface area (Å²) in [5.41, 5.74) is 1.31. The maximum atomic E-state index is 12.5. The monoisotopic (exact) mass is 431 g/mol. The van der Waals surface area contributed by atoms with Crippen molar-refractivity contribution in [2.45, 2.75) is 13.0 Å². The zero-order chi connectivity index (χ0) is 21.8. The van der Waals surface area contributed by atoms with Crippen molar-refractivity contribution in [3.63, 3.8) is 0 Å². The Bertz CT molecular complexity index is 973. The molecule has 30 heavy (non-hydrogen) atoms. The Morgan fingerprint density at radius 1 is 1.13 bits per heavy atom. The summed E-state index contributed by atoms with van der Waals surface area (Å²) in [4.78, 5) is 39.0. The largest absolute Gasteiger partial charge is 0.468 e. The average molecular weight is 432 g/mol. The number of hydrogen-bond acceptors (Lipinski definition) is 7. The van der Waals surface area contributed by atoms with Crippen LogP contribution in [0.15, 0.2) is 42.5 Å². The molecular weight excluding hydrogens is 410 g/mol. The van der Waals surface area contributed by atoms with Gasteiger partial charge in [0.05, 0.1) is 12.0 Å². The number of carbonyl (C=O) groups excluding carboxylic acids is 2. The predicted molar refractivity (Wildman–Crippen MR) is 113 cm³/mol. The minimum Gasteiger partial charge on any atom is -0.468 e. The number of nitro benzene ring substituents is 1. The van der Waals surface area contributed by atoms with Crippen molar-refractivity contribution in [1.82, 2.24) is 4.90 Å². The van der Waals surface area contributed by atoms with E-state index in [1.165, 1.54) is 20.1 Å². The maximum absolute atomic E-state index is 12.5. The number of anilines is 1. The molecule has 158 valence electrons. The van der Waals surface area contributed by atoms with Crippen molar-refractivity contribution in [2.75, 3.05) is 38.2 Å². The quantitative estimate of drug-likeness (QED) is 0.299. The van der Waals surface area contributed by atoms with Gasteiger partial charge in [-0.2, -0.15) is 0 Å². The molecule has 0 amide bonds. The minimum absolute atomic E-state index is 0.105. The first-order valence-corrected chi connectivity index (χ1v) is 9.82. The normalized spacial score (nSPS) is 15.5. The summed E-state index contributed by atoms with van der Waals surface area (Å²) in [6.45, 7) is 3.28. The molecule has 0 aromatic heterocycles. The lowest BCUT2D eigenvalue weighted by atomic mass is 10.0. The Kier molecular flexibility index (Phi) is 6.69. The molecule has 9 heteroatoms. The Hall–Kier alpha value is -2.97. The maximum Gasteiger partial charge on any atom is 0.327 e. The predicted octanol–water partition coefficient (Wildman–Crippen LogP) is 3.49. The van der Waals surface area contributed by atoms with Crippen LogP contribution in [0, 0.1) is 10.1 Å². The number of hydrogen-bond donors (Lipinski definition) is 0. The van der Waals surface area contributed by atoms with Crippen LogP contribution in [0.2, 0.25) is 5.02 Å². The topological polar surface area (TPSA) is 93.0 Å². The highest BCUT2D eigenvalue weighted by atomic mass is 35.5. The lowest BCUT2D eigenvalue weighted by Gasteiger charge is -2.39. The number of ether oxygens (including phenoxy) is 1. The summed E-state index contributed by atoms with van der Waals surface area (Å²) < 4.78 is 5.00. The van der Waals surface area contributed by atoms with Gasteiger partial charge in [-0.15, -0.1) is 0 Å². The number of Topliss-reactive ketones (excluding diaryl/α,β-unsaturated/α-hetero) is 1. The zero-order valence-electron chi connectivity index (χ0n) is 16.7. The number of piperazine rings is 1. The second kappa shape index (κ2) is 9.23. The van der Waals surface area contributed by atoms with Crippen LogP contribution in [0.1, 0.15) is 28.9 Å². The van der Waals surface area contributed by atoms with Crippen LogP contribution >= 0.6 is 11.6 Å². The van der Waals surface area contributed by atoms with Crippen LogP contribution in [0.5, 0.6) is 0 Å². The zero-order valence-corrected chi connectivity index (χ0v) is 17.5. The van der Waals surface area contributed by atoms with Gasteiger partial charge in [0.15, 0.2) is 5.78 Å². The van der Waals surface area contributed by atoms with E-state index in [4.69, 9.17) is 16.3 Å². The van der Waals surface area contributed by atoms with Crippen LogP contribution in [0.3, 0.4) is 0 Å². The fraction of sp³-hybridized carbons (Fsp3) is 0.333. The van der Waals surface area contributed by atoms with E-state index < -0.39 is 16.9 Å². The Balaban J connectivity index is 1.83. The van der Waals surface area contributed by atoms with Crippen LogP contribution in [0.4, 0.5) is 11.4 Å². The van der Waals surface area contributed by atoms with Gasteiger partial charge in [0.25, 0.3) is 5.69 Å². The molecule has 2 aromatic carbocycles. The highest BCUT2D eigenvalue weighted by Gasteiger charge is 2.33. The summed E-state index contributed by atoms with van der Waals surface area (Å²) in [5, 5.41) is 12.0. The number of nitrogens with zero attached hydrogens (tertiary/aromatic N) is 3. The first kappa shape index (κ1) is 21.7. The molecule has 1 atom stereocenters. The number of ketones is 1. The fourth-order valence-corrected chi connectivity index (χ4v) is 3.90. The molecule has 0 bridgehead atoms. The molecule has 8 nitrogen and oxygen atoms in total. The van der Waals surface area contributed by atoms with Crippen molar-refractivity contribution < 1.29 is 19.2 Å². The minimum atomic E-state index is -0.652. The van der Waals surface area contributed by atoms with Gasteiger partial charge in [-0.05, 0) is 30.7 Å². The van der Waals surface area contributed by atoms with E-state index in [0.29, 0.717) is 48.0 Å². The van der Waals surface area contributed by atoms with Crippen molar-refractivity contribution in [3.05, 3.63) is 68.7 Å². The number of carbonyl (C=O) groups is 2. The molecule has 2 aromatic rings. The van der Waals surface area contributed by atoms with E-state index in [0.717, 1.165) is 0 Å². The smallest absolute Gasteiger partial charge is 0.327 e. The van der Waals surface area contributed by atoms with E-state index >= 15 is 0 Å². The van der Waals surface area contributed by atoms with Gasteiger partial charge in [0.1, 0.15) is 11.7 Å². The van der Waals surface area contributed by atoms with Gasteiger partial charge < -0.3 is 9.64 Å². The molecule has 0 spiro atoms. The molecule has 0 radical (unpaired) electrons. The van der Waals surface area contributed by atoms with Crippen LogP contribution < -0.4 is 4.90 Å². The second-order valence-electron chi connectivity index (χ2n) is 6.99. The van der Waals surface area contributed by atoms with Crippen molar-refractivity contribution >= 4 is 34.7 Å². The molecule has 0 aliphatic carbocycles. The average Bonchev–Trinajstić information content (AvgIpc) is 2.75. The number of esters is 1. The van der Waals surface area contributed by atoms with Crippen LogP contribution in [-0.4, -0.2) is 54.9 Å². The second-order valence-corrected chi connectivity index (χ2v) is 7.39. The fourth-order valence-electron chi connectivity index (χ4n) is 3.66. The SMILES string of the molecule is COC(=O)C(c1ccccc1Cl)N1CCN(c2ccc(C(C)=O)cc2[N+](=O)[O-])CC1. The number of rotatable bonds is 6. The molecule has 1 aliphatic heterocycles. The van der Waals surface area contributed by atoms with Crippen molar-refractivity contribution in [1.29, 1.82) is 0 Å². The number of benzene rings is 2. The van der Waals surface area contributed by atoms with E-state index in [-0.39, 0.29) is 11.5 Å². The van der Waals surface area contributed by atoms with Crippen LogP contribution in [0.25, 0.3) is 0 Å². The molecule has 1 unspecified atom stereocenters. The van der Waals surface area contributed by atoms with Crippen LogP contribution in [-0.2, 0) is 9.53 Å². The van der Waals surface area contributed by atoms with Gasteiger partial charge in [-0.1, -0.05) is 29.8 Å². The molecule has 0 saturated carbocycles. The molecule has 3 rings (SSSR count). The van der Waals surface area contributed by atoms with Crippen molar-refractivity contribution in [2.24, 2.45) is 0 Å². The summed E-state index contributed by atoms with van der Waals surface area (Å²) in [6.07, 6.45) is 0. The van der Waals surface area contributed by atoms with Gasteiger partial charge in [-0.25, -0.2) is 4.79 Å². The van der Waals surface area contributed by atoms with Gasteiger partial charge in [0.2, 0.25) is 0 Å². The molecule has 1 saturated heterocycles. The summed E-state index contributed by atoms with van der Waals surface area (Å²) >= 11 is 6.31. The van der Waals surface area contributed by atoms with Gasteiger partial charge >= 0.3 is 5.97 Å². The third-order valence-electron chi connectivity index (χ3n) is 5.22.